The first-order valence-corrected chi connectivity index (χ1v) is 4.90. The van der Waals surface area contributed by atoms with Gasteiger partial charge in [-0.05, 0) is 0 Å². The van der Waals surface area contributed by atoms with Crippen LogP contribution in [-0.2, 0) is 11.5 Å². The van der Waals surface area contributed by atoms with Gasteiger partial charge in [0.15, 0.2) is 0 Å². The molecule has 2 unspecified atom stereocenters. The van der Waals surface area contributed by atoms with Gasteiger partial charge in [-0.15, -0.1) is 0 Å². The van der Waals surface area contributed by atoms with Gasteiger partial charge in [0.25, 0.3) is 0 Å². The molecule has 0 radical (unpaired) electrons. The van der Waals surface area contributed by atoms with Crippen LogP contribution in [0.3, 0.4) is 0 Å². The van der Waals surface area contributed by atoms with Crippen molar-refractivity contribution in [3.05, 3.63) is 0 Å². The molecule has 54 valence electrons. The van der Waals surface area contributed by atoms with Crippen molar-refractivity contribution >= 4 is 14.5 Å². The van der Waals surface area contributed by atoms with E-state index in [2.05, 4.69) is 0 Å². The van der Waals surface area contributed by atoms with Gasteiger partial charge >= 0.3 is 58.4 Å². The molecule has 0 N–H and O–H groups in total. The Hall–Kier alpha value is 0.239. The van der Waals surface area contributed by atoms with Crippen LogP contribution in [0.15, 0.2) is 0 Å². The minimum absolute atomic E-state index is 0.0417. The second kappa shape index (κ2) is 2.13. The van der Waals surface area contributed by atoms with Crippen LogP contribution < -0.4 is 0 Å². The standard InChI is InChI=1S/C5H10O3Se/c1-4-5(2,3)8-9(6)7-4/h4H,1-3H3. The van der Waals surface area contributed by atoms with Crippen molar-refractivity contribution in [3.63, 3.8) is 0 Å². The van der Waals surface area contributed by atoms with Gasteiger partial charge in [0.05, 0.1) is 0 Å². The van der Waals surface area contributed by atoms with E-state index < -0.39 is 14.5 Å². The van der Waals surface area contributed by atoms with Gasteiger partial charge in [0.2, 0.25) is 0 Å². The average molecular weight is 197 g/mol. The number of rotatable bonds is 0. The predicted octanol–water partition coefficient (Wildman–Crippen LogP) is 0.616. The SMILES string of the molecule is CC1O[Se](=O)OC1(C)C. The Bertz CT molecular complexity index is 143. The molecule has 0 amide bonds. The van der Waals surface area contributed by atoms with Gasteiger partial charge in [-0.1, -0.05) is 0 Å². The molecule has 0 bridgehead atoms. The number of hydrogen-bond acceptors (Lipinski definition) is 3. The van der Waals surface area contributed by atoms with Crippen LogP contribution in [0.5, 0.6) is 0 Å². The molecule has 4 heteroatoms. The molecule has 9 heavy (non-hydrogen) atoms. The van der Waals surface area contributed by atoms with Gasteiger partial charge in [0.1, 0.15) is 0 Å². The van der Waals surface area contributed by atoms with E-state index in [-0.39, 0.29) is 11.7 Å². The van der Waals surface area contributed by atoms with Crippen LogP contribution in [-0.4, -0.2) is 26.2 Å². The summed E-state index contributed by atoms with van der Waals surface area (Å²) in [4.78, 5) is 0. The topological polar surface area (TPSA) is 35.5 Å². The van der Waals surface area contributed by atoms with Crippen molar-refractivity contribution < 1.29 is 11.5 Å². The summed E-state index contributed by atoms with van der Waals surface area (Å²) >= 11 is -2.36. The molecule has 2 atom stereocenters. The Morgan fingerprint density at radius 2 is 2.11 bits per heavy atom. The van der Waals surface area contributed by atoms with Gasteiger partial charge in [-0.3, -0.25) is 0 Å². The van der Waals surface area contributed by atoms with Crippen LogP contribution in [0.4, 0.5) is 0 Å². The van der Waals surface area contributed by atoms with Crippen LogP contribution in [0, 0.1) is 0 Å². The Morgan fingerprint density at radius 1 is 1.56 bits per heavy atom. The summed E-state index contributed by atoms with van der Waals surface area (Å²) in [6.07, 6.45) is -0.0417. The fourth-order valence-corrected chi connectivity index (χ4v) is 2.58. The molecule has 0 aromatic heterocycles. The summed E-state index contributed by atoms with van der Waals surface area (Å²) in [5, 5.41) is 0. The minimum atomic E-state index is -2.36. The second-order valence-electron chi connectivity index (χ2n) is 2.63. The third-order valence-corrected chi connectivity index (χ3v) is 3.61. The normalized spacial score (nSPS) is 41.2. The summed E-state index contributed by atoms with van der Waals surface area (Å²) in [6, 6.07) is 0. The van der Waals surface area contributed by atoms with Gasteiger partial charge in [0, 0.05) is 0 Å². The predicted molar refractivity (Wildman–Crippen MR) is 32.2 cm³/mol. The first-order chi connectivity index (χ1) is 4.02. The average Bonchev–Trinajstić information content (AvgIpc) is 1.79. The van der Waals surface area contributed by atoms with Gasteiger partial charge < -0.3 is 0 Å². The van der Waals surface area contributed by atoms with E-state index in [9.17, 15) is 3.83 Å². The Kier molecular flexibility index (Phi) is 1.74. The van der Waals surface area contributed by atoms with E-state index in [0.29, 0.717) is 0 Å². The van der Waals surface area contributed by atoms with Crippen molar-refractivity contribution in [2.24, 2.45) is 0 Å². The number of hydrogen-bond donors (Lipinski definition) is 0. The third-order valence-electron chi connectivity index (χ3n) is 1.48. The zero-order valence-corrected chi connectivity index (χ0v) is 7.42. The van der Waals surface area contributed by atoms with Crippen molar-refractivity contribution in [2.45, 2.75) is 32.5 Å². The van der Waals surface area contributed by atoms with Gasteiger partial charge in [-0.2, -0.15) is 0 Å². The molecule has 1 fully saturated rings. The van der Waals surface area contributed by atoms with Crippen molar-refractivity contribution in [2.75, 3.05) is 0 Å². The molecule has 1 saturated heterocycles. The Morgan fingerprint density at radius 3 is 2.22 bits per heavy atom. The summed E-state index contributed by atoms with van der Waals surface area (Å²) in [7, 11) is 0. The third kappa shape index (κ3) is 1.38. The summed E-state index contributed by atoms with van der Waals surface area (Å²) in [6.45, 7) is 5.61. The molecule has 0 saturated carbocycles. The van der Waals surface area contributed by atoms with E-state index in [0.717, 1.165) is 0 Å². The zero-order chi connectivity index (χ0) is 7.07. The van der Waals surface area contributed by atoms with E-state index in [4.69, 9.17) is 7.64 Å². The molecule has 1 rings (SSSR count). The summed E-state index contributed by atoms with van der Waals surface area (Å²) in [5.41, 5.74) is -0.355. The second-order valence-corrected chi connectivity index (χ2v) is 4.24. The maximum absolute atomic E-state index is 10.6. The molecule has 0 aromatic carbocycles. The van der Waals surface area contributed by atoms with Crippen molar-refractivity contribution in [3.8, 4) is 0 Å². The van der Waals surface area contributed by atoms with E-state index in [1.54, 1.807) is 0 Å². The zero-order valence-electron chi connectivity index (χ0n) is 5.71. The van der Waals surface area contributed by atoms with Crippen molar-refractivity contribution in [1.29, 1.82) is 0 Å². The van der Waals surface area contributed by atoms with Crippen molar-refractivity contribution in [1.82, 2.24) is 0 Å². The molecule has 1 aliphatic heterocycles. The van der Waals surface area contributed by atoms with E-state index in [1.165, 1.54) is 0 Å². The first kappa shape index (κ1) is 7.35. The Balaban J connectivity index is 2.69. The fourth-order valence-electron chi connectivity index (χ4n) is 0.496. The van der Waals surface area contributed by atoms with Crippen LogP contribution in [0.2, 0.25) is 0 Å². The maximum atomic E-state index is 10.6. The quantitative estimate of drug-likeness (QED) is 0.534. The molecule has 0 aromatic rings. The molecular formula is C5H10O3Se. The van der Waals surface area contributed by atoms with E-state index >= 15 is 0 Å². The molecular weight excluding hydrogens is 187 g/mol. The van der Waals surface area contributed by atoms with Crippen LogP contribution >= 0.6 is 0 Å². The molecule has 1 heterocycles. The summed E-state index contributed by atoms with van der Waals surface area (Å²) in [5.74, 6) is 0. The Labute approximate surface area is 59.1 Å². The van der Waals surface area contributed by atoms with Gasteiger partial charge in [-0.25, -0.2) is 0 Å². The first-order valence-electron chi connectivity index (χ1n) is 2.81. The molecule has 1 aliphatic rings. The fraction of sp³-hybridized carbons (Fsp3) is 1.00. The summed E-state index contributed by atoms with van der Waals surface area (Å²) < 4.78 is 20.6. The monoisotopic (exact) mass is 198 g/mol. The van der Waals surface area contributed by atoms with E-state index in [1.807, 2.05) is 20.8 Å². The molecule has 0 aliphatic carbocycles. The molecule has 0 spiro atoms. The van der Waals surface area contributed by atoms with Crippen LogP contribution in [0.1, 0.15) is 20.8 Å². The van der Waals surface area contributed by atoms with Crippen LogP contribution in [0.25, 0.3) is 0 Å². The molecule has 3 nitrogen and oxygen atoms in total.